The standard InChI is InChI=1S/C25H22N2O8/c1-4-5-10-33-25(28)18-13-21(34-19-6-8-23(26(29)30)16(2)11-19)15-22(14-18)35-20-7-9-24(27(31)32)17(3)12-20/h4,6-9,11-15H,1,5,10H2,2-3H3. The summed E-state index contributed by atoms with van der Waals surface area (Å²) in [6.07, 6.45) is 2.10. The Bertz CT molecular complexity index is 1220. The molecule has 180 valence electrons. The molecule has 10 nitrogen and oxygen atoms in total. The minimum atomic E-state index is -0.609. The van der Waals surface area contributed by atoms with Crippen molar-refractivity contribution in [3.05, 3.63) is 104 Å². The van der Waals surface area contributed by atoms with E-state index in [1.54, 1.807) is 19.9 Å². The summed E-state index contributed by atoms with van der Waals surface area (Å²) in [5.41, 5.74) is 0.874. The van der Waals surface area contributed by atoms with E-state index in [4.69, 9.17) is 14.2 Å². The molecule has 0 fully saturated rings. The summed E-state index contributed by atoms with van der Waals surface area (Å²) in [5.74, 6) is 0.488. The molecular formula is C25H22N2O8. The average Bonchev–Trinajstić information content (AvgIpc) is 2.78. The third-order valence-corrected chi connectivity index (χ3v) is 4.87. The van der Waals surface area contributed by atoms with Crippen molar-refractivity contribution in [1.82, 2.24) is 0 Å². The van der Waals surface area contributed by atoms with Crippen molar-refractivity contribution in [3.8, 4) is 23.0 Å². The molecule has 0 bridgehead atoms. The third-order valence-electron chi connectivity index (χ3n) is 4.87. The Labute approximate surface area is 200 Å². The highest BCUT2D eigenvalue weighted by molar-refractivity contribution is 5.90. The highest BCUT2D eigenvalue weighted by Crippen LogP contribution is 2.33. The highest BCUT2D eigenvalue weighted by atomic mass is 16.6. The second-order valence-corrected chi connectivity index (χ2v) is 7.52. The van der Waals surface area contributed by atoms with Gasteiger partial charge in [-0.05, 0) is 56.7 Å². The quantitative estimate of drug-likeness (QED) is 0.107. The lowest BCUT2D eigenvalue weighted by Crippen LogP contribution is -2.06. The average molecular weight is 478 g/mol. The third kappa shape index (κ3) is 6.41. The lowest BCUT2D eigenvalue weighted by Gasteiger charge is -2.13. The van der Waals surface area contributed by atoms with Crippen LogP contribution in [0.25, 0.3) is 0 Å². The molecule has 35 heavy (non-hydrogen) atoms. The minimum absolute atomic E-state index is 0.0468. The molecule has 0 unspecified atom stereocenters. The summed E-state index contributed by atoms with van der Waals surface area (Å²) >= 11 is 0. The van der Waals surface area contributed by atoms with Gasteiger partial charge in [-0.3, -0.25) is 20.2 Å². The van der Waals surface area contributed by atoms with Crippen LogP contribution in [0.15, 0.2) is 67.3 Å². The number of nitro benzene ring substituents is 2. The van der Waals surface area contributed by atoms with Gasteiger partial charge in [0.05, 0.1) is 22.0 Å². The maximum absolute atomic E-state index is 12.6. The molecule has 0 aromatic heterocycles. The van der Waals surface area contributed by atoms with Crippen LogP contribution in [0.2, 0.25) is 0 Å². The second-order valence-electron chi connectivity index (χ2n) is 7.52. The molecule has 0 aliphatic heterocycles. The number of rotatable bonds is 10. The molecular weight excluding hydrogens is 456 g/mol. The molecule has 0 saturated heterocycles. The number of aryl methyl sites for hydroxylation is 2. The molecule has 0 spiro atoms. The van der Waals surface area contributed by atoms with E-state index >= 15 is 0 Å². The van der Waals surface area contributed by atoms with Crippen LogP contribution in [0, 0.1) is 34.1 Å². The van der Waals surface area contributed by atoms with E-state index in [2.05, 4.69) is 6.58 Å². The number of hydrogen-bond acceptors (Lipinski definition) is 8. The Balaban J connectivity index is 1.94. The first-order valence-corrected chi connectivity index (χ1v) is 10.5. The van der Waals surface area contributed by atoms with Crippen molar-refractivity contribution in [2.75, 3.05) is 6.61 Å². The van der Waals surface area contributed by atoms with Gasteiger partial charge in [-0.25, -0.2) is 4.79 Å². The van der Waals surface area contributed by atoms with Crippen LogP contribution < -0.4 is 9.47 Å². The first kappa shape index (κ1) is 24.9. The molecule has 0 aliphatic carbocycles. The number of esters is 1. The molecule has 0 amide bonds. The van der Waals surface area contributed by atoms with Gasteiger partial charge in [0.25, 0.3) is 11.4 Å². The van der Waals surface area contributed by atoms with Crippen molar-refractivity contribution in [3.63, 3.8) is 0 Å². The van der Waals surface area contributed by atoms with E-state index in [1.165, 1.54) is 54.6 Å². The summed E-state index contributed by atoms with van der Waals surface area (Å²) in [7, 11) is 0. The lowest BCUT2D eigenvalue weighted by molar-refractivity contribution is -0.385. The molecule has 0 aliphatic rings. The zero-order chi connectivity index (χ0) is 25.5. The smallest absolute Gasteiger partial charge is 0.338 e. The summed E-state index contributed by atoms with van der Waals surface area (Å²) in [4.78, 5) is 33.7. The monoisotopic (exact) mass is 478 g/mol. The number of nitrogens with zero attached hydrogens (tertiary/aromatic N) is 2. The summed E-state index contributed by atoms with van der Waals surface area (Å²) in [6, 6.07) is 13.0. The predicted octanol–water partition coefficient (Wildman–Crippen LogP) is 6.44. The molecule has 0 atom stereocenters. The van der Waals surface area contributed by atoms with Crippen LogP contribution in [-0.2, 0) is 4.74 Å². The second kappa shape index (κ2) is 10.9. The van der Waals surface area contributed by atoms with Gasteiger partial charge in [0.2, 0.25) is 0 Å². The Hall–Kier alpha value is -4.73. The number of carbonyl (C=O) groups excluding carboxylic acids is 1. The molecule has 3 aromatic rings. The minimum Gasteiger partial charge on any atom is -0.462 e. The lowest BCUT2D eigenvalue weighted by atomic mass is 10.1. The van der Waals surface area contributed by atoms with Gasteiger partial charge >= 0.3 is 5.97 Å². The van der Waals surface area contributed by atoms with E-state index in [9.17, 15) is 25.0 Å². The molecule has 0 saturated carbocycles. The van der Waals surface area contributed by atoms with Gasteiger partial charge < -0.3 is 14.2 Å². The molecule has 10 heteroatoms. The Morgan fingerprint density at radius 3 is 1.71 bits per heavy atom. The van der Waals surface area contributed by atoms with Gasteiger partial charge in [0, 0.05) is 29.3 Å². The van der Waals surface area contributed by atoms with Crippen LogP contribution in [-0.4, -0.2) is 22.4 Å². The molecule has 0 N–H and O–H groups in total. The molecule has 3 rings (SSSR count). The fourth-order valence-corrected chi connectivity index (χ4v) is 3.19. The molecule has 0 radical (unpaired) electrons. The predicted molar refractivity (Wildman–Crippen MR) is 127 cm³/mol. The normalized spacial score (nSPS) is 10.3. The number of ether oxygens (including phenoxy) is 3. The van der Waals surface area contributed by atoms with Gasteiger partial charge in [0.1, 0.15) is 23.0 Å². The zero-order valence-corrected chi connectivity index (χ0v) is 19.1. The topological polar surface area (TPSA) is 131 Å². The SMILES string of the molecule is C=CCCOC(=O)c1cc(Oc2ccc([N+](=O)[O-])c(C)c2)cc(Oc2ccc([N+](=O)[O-])c(C)c2)c1. The van der Waals surface area contributed by atoms with Crippen molar-refractivity contribution in [2.45, 2.75) is 20.3 Å². The number of carbonyl (C=O) groups is 1. The fourth-order valence-electron chi connectivity index (χ4n) is 3.19. The van der Waals surface area contributed by atoms with Crippen LogP contribution in [0.5, 0.6) is 23.0 Å². The van der Waals surface area contributed by atoms with Gasteiger partial charge in [-0.15, -0.1) is 6.58 Å². The fraction of sp³-hybridized carbons (Fsp3) is 0.160. The first-order valence-electron chi connectivity index (χ1n) is 10.5. The van der Waals surface area contributed by atoms with E-state index in [1.807, 2.05) is 0 Å². The van der Waals surface area contributed by atoms with Crippen LogP contribution in [0.3, 0.4) is 0 Å². The largest absolute Gasteiger partial charge is 0.462 e. The van der Waals surface area contributed by atoms with Crippen LogP contribution in [0.4, 0.5) is 11.4 Å². The number of nitro groups is 2. The first-order chi connectivity index (χ1) is 16.7. The van der Waals surface area contributed by atoms with Crippen LogP contribution >= 0.6 is 0 Å². The van der Waals surface area contributed by atoms with Crippen molar-refractivity contribution in [1.29, 1.82) is 0 Å². The van der Waals surface area contributed by atoms with Gasteiger partial charge in [0.15, 0.2) is 0 Å². The van der Waals surface area contributed by atoms with Crippen molar-refractivity contribution >= 4 is 17.3 Å². The van der Waals surface area contributed by atoms with E-state index in [-0.39, 0.29) is 35.0 Å². The summed E-state index contributed by atoms with van der Waals surface area (Å²) in [6.45, 7) is 6.90. The molecule has 3 aromatic carbocycles. The Kier molecular flexibility index (Phi) is 7.77. The van der Waals surface area contributed by atoms with Gasteiger partial charge in [-0.1, -0.05) is 6.08 Å². The Morgan fingerprint density at radius 2 is 1.31 bits per heavy atom. The Morgan fingerprint density at radius 1 is 0.829 bits per heavy atom. The number of benzene rings is 3. The van der Waals surface area contributed by atoms with Crippen molar-refractivity contribution in [2.24, 2.45) is 0 Å². The summed E-state index contributed by atoms with van der Waals surface area (Å²) < 4.78 is 16.9. The van der Waals surface area contributed by atoms with E-state index in [0.717, 1.165) is 0 Å². The molecule has 0 heterocycles. The number of hydrogen-bond donors (Lipinski definition) is 0. The van der Waals surface area contributed by atoms with Gasteiger partial charge in [-0.2, -0.15) is 0 Å². The zero-order valence-electron chi connectivity index (χ0n) is 19.1. The van der Waals surface area contributed by atoms with Crippen molar-refractivity contribution < 1.29 is 28.9 Å². The van der Waals surface area contributed by atoms with E-state index in [0.29, 0.717) is 29.0 Å². The maximum atomic E-state index is 12.6. The maximum Gasteiger partial charge on any atom is 0.338 e. The highest BCUT2D eigenvalue weighted by Gasteiger charge is 2.16. The van der Waals surface area contributed by atoms with Crippen LogP contribution in [0.1, 0.15) is 27.9 Å². The van der Waals surface area contributed by atoms with E-state index < -0.39 is 15.8 Å². The summed E-state index contributed by atoms with van der Waals surface area (Å²) in [5, 5.41) is 22.1.